The second-order valence-corrected chi connectivity index (χ2v) is 3.95. The topological polar surface area (TPSA) is 50.4 Å². The normalized spacial score (nSPS) is 26.3. The minimum Gasteiger partial charge on any atom is -0.381 e. The number of likely N-dealkylation sites (N-methyl/N-ethyl adjacent to an activating group) is 1. The molecule has 4 heteroatoms. The maximum absolute atomic E-state index is 11.6. The van der Waals surface area contributed by atoms with Gasteiger partial charge < -0.3 is 15.4 Å². The highest BCUT2D eigenvalue weighted by Gasteiger charge is 2.26. The molecule has 0 spiro atoms. The molecule has 1 amide bonds. The highest BCUT2D eigenvalue weighted by Crippen LogP contribution is 2.16. The van der Waals surface area contributed by atoms with E-state index in [9.17, 15) is 4.79 Å². The van der Waals surface area contributed by atoms with E-state index in [2.05, 4.69) is 10.6 Å². The number of nitrogens with one attached hydrogen (secondary N) is 2. The lowest BCUT2D eigenvalue weighted by Gasteiger charge is -2.29. The van der Waals surface area contributed by atoms with Crippen LogP contribution in [0.5, 0.6) is 0 Å². The zero-order chi connectivity index (χ0) is 11.1. The summed E-state index contributed by atoms with van der Waals surface area (Å²) in [7, 11) is 0. The van der Waals surface area contributed by atoms with Crippen LogP contribution in [0.25, 0.3) is 0 Å². The van der Waals surface area contributed by atoms with Crippen molar-refractivity contribution in [2.24, 2.45) is 5.92 Å². The minimum atomic E-state index is -0.0239. The number of piperidine rings is 1. The van der Waals surface area contributed by atoms with Gasteiger partial charge in [-0.2, -0.15) is 0 Å². The van der Waals surface area contributed by atoms with E-state index >= 15 is 0 Å². The Balaban J connectivity index is 2.31. The summed E-state index contributed by atoms with van der Waals surface area (Å²) in [6.45, 7) is 7.11. The van der Waals surface area contributed by atoms with E-state index in [0.717, 1.165) is 32.6 Å². The van der Waals surface area contributed by atoms with Crippen LogP contribution < -0.4 is 10.6 Å². The third kappa shape index (κ3) is 4.18. The smallest absolute Gasteiger partial charge is 0.237 e. The lowest BCUT2D eigenvalue weighted by atomic mass is 9.93. The van der Waals surface area contributed by atoms with Crippen molar-refractivity contribution in [3.05, 3.63) is 0 Å². The Morgan fingerprint density at radius 3 is 3.00 bits per heavy atom. The van der Waals surface area contributed by atoms with E-state index in [4.69, 9.17) is 4.74 Å². The fraction of sp³-hybridized carbons (Fsp3) is 0.909. The van der Waals surface area contributed by atoms with Gasteiger partial charge >= 0.3 is 0 Å². The van der Waals surface area contributed by atoms with Crippen molar-refractivity contribution in [3.63, 3.8) is 0 Å². The Morgan fingerprint density at radius 1 is 1.53 bits per heavy atom. The van der Waals surface area contributed by atoms with Gasteiger partial charge in [-0.3, -0.25) is 4.79 Å². The van der Waals surface area contributed by atoms with Crippen LogP contribution in [0.2, 0.25) is 0 Å². The Kier molecular flexibility index (Phi) is 5.65. The molecule has 0 radical (unpaired) electrons. The van der Waals surface area contributed by atoms with Crippen molar-refractivity contribution in [1.82, 2.24) is 10.6 Å². The third-order valence-corrected chi connectivity index (χ3v) is 2.74. The first-order valence-corrected chi connectivity index (χ1v) is 5.86. The van der Waals surface area contributed by atoms with Gasteiger partial charge in [-0.1, -0.05) is 0 Å². The number of rotatable bonds is 5. The van der Waals surface area contributed by atoms with E-state index in [1.807, 2.05) is 13.8 Å². The summed E-state index contributed by atoms with van der Waals surface area (Å²) < 4.78 is 5.40. The molecule has 0 aliphatic carbocycles. The fourth-order valence-corrected chi connectivity index (χ4v) is 1.93. The first-order chi connectivity index (χ1) is 7.27. The highest BCUT2D eigenvalue weighted by molar-refractivity contribution is 5.81. The van der Waals surface area contributed by atoms with Crippen LogP contribution >= 0.6 is 0 Å². The SMILES string of the molecule is CCNC(=O)C1CC(COCC)CCN1. The molecule has 0 saturated carbocycles. The molecular formula is C11H22N2O2. The molecule has 4 nitrogen and oxygen atoms in total. The second kappa shape index (κ2) is 6.80. The van der Waals surface area contributed by atoms with Crippen molar-refractivity contribution in [3.8, 4) is 0 Å². The molecule has 1 saturated heterocycles. The van der Waals surface area contributed by atoms with Gasteiger partial charge in [0.2, 0.25) is 5.91 Å². The van der Waals surface area contributed by atoms with E-state index in [0.29, 0.717) is 12.5 Å². The van der Waals surface area contributed by atoms with Gasteiger partial charge in [0.1, 0.15) is 0 Å². The molecular weight excluding hydrogens is 192 g/mol. The number of carbonyl (C=O) groups excluding carboxylic acids is 1. The Hall–Kier alpha value is -0.610. The molecule has 1 aliphatic heterocycles. The molecule has 2 atom stereocenters. The van der Waals surface area contributed by atoms with E-state index < -0.39 is 0 Å². The molecule has 1 heterocycles. The summed E-state index contributed by atoms with van der Waals surface area (Å²) in [5.74, 6) is 0.650. The van der Waals surface area contributed by atoms with Crippen molar-refractivity contribution in [2.75, 3.05) is 26.3 Å². The first-order valence-electron chi connectivity index (χ1n) is 5.86. The lowest BCUT2D eigenvalue weighted by Crippen LogP contribution is -2.49. The predicted molar refractivity (Wildman–Crippen MR) is 59.7 cm³/mol. The highest BCUT2D eigenvalue weighted by atomic mass is 16.5. The number of hydrogen-bond acceptors (Lipinski definition) is 3. The van der Waals surface area contributed by atoms with Gasteiger partial charge in [-0.05, 0) is 39.2 Å². The van der Waals surface area contributed by atoms with Crippen molar-refractivity contribution in [1.29, 1.82) is 0 Å². The zero-order valence-electron chi connectivity index (χ0n) is 9.71. The molecule has 88 valence electrons. The summed E-state index contributed by atoms with van der Waals surface area (Å²) >= 11 is 0. The van der Waals surface area contributed by atoms with Gasteiger partial charge in [0.05, 0.1) is 6.04 Å². The van der Waals surface area contributed by atoms with Gasteiger partial charge in [-0.15, -0.1) is 0 Å². The van der Waals surface area contributed by atoms with Gasteiger partial charge in [-0.25, -0.2) is 0 Å². The average molecular weight is 214 g/mol. The van der Waals surface area contributed by atoms with Crippen LogP contribution in [-0.2, 0) is 9.53 Å². The van der Waals surface area contributed by atoms with E-state index in [1.165, 1.54) is 0 Å². The quantitative estimate of drug-likeness (QED) is 0.702. The standard InChI is InChI=1S/C11H22N2O2/c1-3-12-11(14)10-7-9(5-6-13-10)8-15-4-2/h9-10,13H,3-8H2,1-2H3,(H,12,14). The molecule has 15 heavy (non-hydrogen) atoms. The summed E-state index contributed by atoms with van der Waals surface area (Å²) in [6, 6.07) is -0.0239. The summed E-state index contributed by atoms with van der Waals surface area (Å²) in [4.78, 5) is 11.6. The fourth-order valence-electron chi connectivity index (χ4n) is 1.93. The monoisotopic (exact) mass is 214 g/mol. The Morgan fingerprint density at radius 2 is 2.33 bits per heavy atom. The molecule has 0 aromatic carbocycles. The number of carbonyl (C=O) groups is 1. The Bertz CT molecular complexity index is 197. The van der Waals surface area contributed by atoms with Gasteiger partial charge in [0, 0.05) is 19.8 Å². The lowest BCUT2D eigenvalue weighted by molar-refractivity contribution is -0.124. The Labute approximate surface area is 91.8 Å². The largest absolute Gasteiger partial charge is 0.381 e. The van der Waals surface area contributed by atoms with E-state index in [1.54, 1.807) is 0 Å². The molecule has 1 fully saturated rings. The molecule has 0 aromatic rings. The van der Waals surface area contributed by atoms with Gasteiger partial charge in [0.15, 0.2) is 0 Å². The van der Waals surface area contributed by atoms with Crippen molar-refractivity contribution < 1.29 is 9.53 Å². The van der Waals surface area contributed by atoms with Crippen molar-refractivity contribution in [2.45, 2.75) is 32.7 Å². The maximum Gasteiger partial charge on any atom is 0.237 e. The number of ether oxygens (including phenoxy) is 1. The van der Waals surface area contributed by atoms with Crippen LogP contribution in [0.15, 0.2) is 0 Å². The second-order valence-electron chi connectivity index (χ2n) is 3.95. The van der Waals surface area contributed by atoms with Crippen molar-refractivity contribution >= 4 is 5.91 Å². The van der Waals surface area contributed by atoms with Crippen LogP contribution in [0.4, 0.5) is 0 Å². The van der Waals surface area contributed by atoms with Crippen LogP contribution in [-0.4, -0.2) is 38.3 Å². The summed E-state index contributed by atoms with van der Waals surface area (Å²) in [5, 5.41) is 6.09. The molecule has 0 aromatic heterocycles. The van der Waals surface area contributed by atoms with Gasteiger partial charge in [0.25, 0.3) is 0 Å². The van der Waals surface area contributed by atoms with E-state index in [-0.39, 0.29) is 11.9 Å². The summed E-state index contributed by atoms with van der Waals surface area (Å²) in [6.07, 6.45) is 2.00. The molecule has 1 rings (SSSR count). The average Bonchev–Trinajstić information content (AvgIpc) is 2.27. The predicted octanol–water partition coefficient (Wildman–Crippen LogP) is 0.527. The molecule has 0 bridgehead atoms. The molecule has 1 aliphatic rings. The van der Waals surface area contributed by atoms with Crippen LogP contribution in [0.1, 0.15) is 26.7 Å². The number of hydrogen-bond donors (Lipinski definition) is 2. The maximum atomic E-state index is 11.6. The zero-order valence-corrected chi connectivity index (χ0v) is 9.71. The van der Waals surface area contributed by atoms with Crippen LogP contribution in [0.3, 0.4) is 0 Å². The number of amides is 1. The molecule has 2 N–H and O–H groups in total. The van der Waals surface area contributed by atoms with Crippen LogP contribution in [0, 0.1) is 5.92 Å². The first kappa shape index (κ1) is 12.5. The minimum absolute atomic E-state index is 0.0239. The summed E-state index contributed by atoms with van der Waals surface area (Å²) in [5.41, 5.74) is 0. The molecule has 2 unspecified atom stereocenters. The third-order valence-electron chi connectivity index (χ3n) is 2.74.